The Balaban J connectivity index is 1.49. The Hall–Kier alpha value is -2.35. The molecule has 0 aliphatic carbocycles. The average Bonchev–Trinajstić information content (AvgIpc) is 3.12. The number of piperidine rings is 1. The number of benzene rings is 1. The second-order valence-corrected chi connectivity index (χ2v) is 8.85. The van der Waals surface area contributed by atoms with E-state index in [1.807, 2.05) is 0 Å². The molecule has 1 fully saturated rings. The number of amidine groups is 1. The van der Waals surface area contributed by atoms with Gasteiger partial charge in [-0.2, -0.15) is 4.99 Å². The van der Waals surface area contributed by atoms with E-state index in [4.69, 9.17) is 0 Å². The maximum Gasteiger partial charge on any atom is 0.262 e. The molecular weight excluding hydrogens is 400 g/mol. The predicted molar refractivity (Wildman–Crippen MR) is 121 cm³/mol. The van der Waals surface area contributed by atoms with Gasteiger partial charge in [-0.15, -0.1) is 0 Å². The van der Waals surface area contributed by atoms with Gasteiger partial charge in [0.05, 0.1) is 0 Å². The van der Waals surface area contributed by atoms with E-state index in [1.54, 1.807) is 24.3 Å². The topological polar surface area (TPSA) is 90.9 Å². The molecule has 8 heteroatoms. The molecule has 1 aromatic rings. The molecule has 0 spiro atoms. The zero-order valence-electron chi connectivity index (χ0n) is 17.5. The third kappa shape index (κ3) is 6.32. The van der Waals surface area contributed by atoms with Crippen molar-refractivity contribution >= 4 is 40.3 Å². The summed E-state index contributed by atoms with van der Waals surface area (Å²) in [6, 6.07) is 6.86. The minimum atomic E-state index is -0.480. The van der Waals surface area contributed by atoms with Gasteiger partial charge in [-0.25, -0.2) is 0 Å². The number of amides is 3. The number of nitrogens with one attached hydrogen (secondary N) is 2. The van der Waals surface area contributed by atoms with Gasteiger partial charge in [-0.3, -0.25) is 14.4 Å². The highest BCUT2D eigenvalue weighted by molar-refractivity contribution is 8.15. The number of carbonyl (C=O) groups is 3. The molecule has 2 aliphatic rings. The quantitative estimate of drug-likeness (QED) is 0.617. The molecule has 3 rings (SSSR count). The third-order valence-corrected chi connectivity index (χ3v) is 6.41. The molecule has 0 saturated carbocycles. The number of hydrogen-bond donors (Lipinski definition) is 2. The molecule has 30 heavy (non-hydrogen) atoms. The number of anilines is 1. The normalized spacial score (nSPS) is 18.8. The van der Waals surface area contributed by atoms with Crippen LogP contribution < -0.4 is 10.6 Å². The summed E-state index contributed by atoms with van der Waals surface area (Å²) >= 11 is 1.39. The molecule has 0 aromatic heterocycles. The third-order valence-electron chi connectivity index (χ3n) is 5.20. The molecule has 0 unspecified atom stereocenters. The van der Waals surface area contributed by atoms with Crippen molar-refractivity contribution in [1.29, 1.82) is 0 Å². The zero-order valence-corrected chi connectivity index (χ0v) is 18.3. The molecule has 162 valence electrons. The predicted octanol–water partition coefficient (Wildman–Crippen LogP) is 3.42. The number of thioether (sulfide) groups is 1. The molecule has 0 radical (unpaired) electrons. The van der Waals surface area contributed by atoms with Crippen LogP contribution in [0.25, 0.3) is 0 Å². The van der Waals surface area contributed by atoms with Crippen LogP contribution in [0.2, 0.25) is 0 Å². The molecule has 0 bridgehead atoms. The van der Waals surface area contributed by atoms with Gasteiger partial charge in [0.25, 0.3) is 11.8 Å². The van der Waals surface area contributed by atoms with Crippen LogP contribution >= 0.6 is 11.8 Å². The molecule has 1 saturated heterocycles. The summed E-state index contributed by atoms with van der Waals surface area (Å²) in [5, 5.41) is 5.97. The molecule has 2 N–H and O–H groups in total. The van der Waals surface area contributed by atoms with Gasteiger partial charge in [-0.1, -0.05) is 37.6 Å². The SMILES string of the molecule is CCCCCNC(=O)c1cccc(NC(=O)C[C@@H]2SC(N3CCCCC3)=NC2=O)c1. The highest BCUT2D eigenvalue weighted by Gasteiger charge is 2.33. The fourth-order valence-corrected chi connectivity index (χ4v) is 4.64. The highest BCUT2D eigenvalue weighted by atomic mass is 32.2. The maximum absolute atomic E-state index is 12.5. The zero-order chi connectivity index (χ0) is 21.3. The molecule has 3 amide bonds. The first-order valence-electron chi connectivity index (χ1n) is 10.8. The summed E-state index contributed by atoms with van der Waals surface area (Å²) in [4.78, 5) is 43.3. The van der Waals surface area contributed by atoms with Crippen molar-refractivity contribution in [2.75, 3.05) is 25.0 Å². The van der Waals surface area contributed by atoms with Gasteiger partial charge >= 0.3 is 0 Å². The molecule has 7 nitrogen and oxygen atoms in total. The Labute approximate surface area is 182 Å². The second kappa shape index (κ2) is 11.2. The summed E-state index contributed by atoms with van der Waals surface area (Å²) in [5.74, 6) is -0.643. The van der Waals surface area contributed by atoms with Crippen LogP contribution in [-0.4, -0.2) is 52.7 Å². The lowest BCUT2D eigenvalue weighted by atomic mass is 10.1. The Morgan fingerprint density at radius 2 is 2.00 bits per heavy atom. The molecule has 2 heterocycles. The fourth-order valence-electron chi connectivity index (χ4n) is 3.53. The molecular formula is C22H30N4O3S. The van der Waals surface area contributed by atoms with Gasteiger partial charge in [0.2, 0.25) is 5.91 Å². The first-order valence-corrected chi connectivity index (χ1v) is 11.7. The number of rotatable bonds is 8. The Kier molecular flexibility index (Phi) is 8.30. The summed E-state index contributed by atoms with van der Waals surface area (Å²) in [6.45, 7) is 4.60. The first kappa shape index (κ1) is 22.3. The number of aliphatic imine (C=N–C) groups is 1. The maximum atomic E-state index is 12.5. The van der Waals surface area contributed by atoms with Crippen LogP contribution in [0.5, 0.6) is 0 Å². The van der Waals surface area contributed by atoms with Crippen molar-refractivity contribution in [2.45, 2.75) is 57.1 Å². The lowest BCUT2D eigenvalue weighted by molar-refractivity contribution is -0.121. The van der Waals surface area contributed by atoms with Crippen LogP contribution in [0.3, 0.4) is 0 Å². The summed E-state index contributed by atoms with van der Waals surface area (Å²) in [5.41, 5.74) is 1.06. The standard InChI is InChI=1S/C22H30N4O3S/c1-2-3-5-11-23-20(28)16-9-8-10-17(14-16)24-19(27)15-18-21(29)25-22(30-18)26-12-6-4-7-13-26/h8-10,14,18H,2-7,11-13,15H2,1H3,(H,23,28)(H,24,27)/t18-/m0/s1. The van der Waals surface area contributed by atoms with Crippen LogP contribution in [0.1, 0.15) is 62.2 Å². The second-order valence-electron chi connectivity index (χ2n) is 7.68. The molecule has 1 atom stereocenters. The van der Waals surface area contributed by atoms with E-state index in [-0.39, 0.29) is 24.1 Å². The summed E-state index contributed by atoms with van der Waals surface area (Å²) in [6.07, 6.45) is 6.64. The van der Waals surface area contributed by atoms with Gasteiger partial charge < -0.3 is 15.5 Å². The van der Waals surface area contributed by atoms with Gasteiger partial charge in [-0.05, 0) is 43.9 Å². The van der Waals surface area contributed by atoms with E-state index in [0.29, 0.717) is 17.8 Å². The minimum Gasteiger partial charge on any atom is -0.352 e. The number of carbonyl (C=O) groups excluding carboxylic acids is 3. The fraction of sp³-hybridized carbons (Fsp3) is 0.545. The minimum absolute atomic E-state index is 0.0672. The van der Waals surface area contributed by atoms with Crippen molar-refractivity contribution < 1.29 is 14.4 Å². The first-order chi connectivity index (χ1) is 14.6. The lowest BCUT2D eigenvalue weighted by Crippen LogP contribution is -2.33. The Morgan fingerprint density at radius 1 is 1.20 bits per heavy atom. The van der Waals surface area contributed by atoms with E-state index in [0.717, 1.165) is 50.4 Å². The summed E-state index contributed by atoms with van der Waals surface area (Å²) in [7, 11) is 0. The van der Waals surface area contributed by atoms with Crippen molar-refractivity contribution in [2.24, 2.45) is 4.99 Å². The number of hydrogen-bond acceptors (Lipinski definition) is 5. The van der Waals surface area contributed by atoms with Crippen LogP contribution in [-0.2, 0) is 9.59 Å². The van der Waals surface area contributed by atoms with E-state index < -0.39 is 5.25 Å². The van der Waals surface area contributed by atoms with Gasteiger partial charge in [0, 0.05) is 37.3 Å². The van der Waals surface area contributed by atoms with Crippen molar-refractivity contribution in [3.8, 4) is 0 Å². The van der Waals surface area contributed by atoms with Crippen molar-refractivity contribution in [3.05, 3.63) is 29.8 Å². The average molecular weight is 431 g/mol. The van der Waals surface area contributed by atoms with Gasteiger partial charge in [0.1, 0.15) is 5.25 Å². The van der Waals surface area contributed by atoms with Crippen molar-refractivity contribution in [1.82, 2.24) is 10.2 Å². The van der Waals surface area contributed by atoms with E-state index in [1.165, 1.54) is 18.2 Å². The van der Waals surface area contributed by atoms with E-state index in [9.17, 15) is 14.4 Å². The Bertz CT molecular complexity index is 805. The van der Waals surface area contributed by atoms with Crippen LogP contribution in [0, 0.1) is 0 Å². The smallest absolute Gasteiger partial charge is 0.262 e. The van der Waals surface area contributed by atoms with E-state index in [2.05, 4.69) is 27.4 Å². The molecule has 2 aliphatic heterocycles. The van der Waals surface area contributed by atoms with Gasteiger partial charge in [0.15, 0.2) is 5.17 Å². The highest BCUT2D eigenvalue weighted by Crippen LogP contribution is 2.29. The largest absolute Gasteiger partial charge is 0.352 e. The number of likely N-dealkylation sites (tertiary alicyclic amines) is 1. The van der Waals surface area contributed by atoms with Crippen molar-refractivity contribution in [3.63, 3.8) is 0 Å². The Morgan fingerprint density at radius 3 is 2.77 bits per heavy atom. The van der Waals surface area contributed by atoms with E-state index >= 15 is 0 Å². The number of nitrogens with zero attached hydrogens (tertiary/aromatic N) is 2. The van der Waals surface area contributed by atoms with Crippen LogP contribution in [0.4, 0.5) is 5.69 Å². The molecule has 1 aromatic carbocycles. The summed E-state index contributed by atoms with van der Waals surface area (Å²) < 4.78 is 0. The van der Waals surface area contributed by atoms with Crippen LogP contribution in [0.15, 0.2) is 29.3 Å². The monoisotopic (exact) mass is 430 g/mol. The lowest BCUT2D eigenvalue weighted by Gasteiger charge is -2.27. The number of unbranched alkanes of at least 4 members (excludes halogenated alkanes) is 2.